The fourth-order valence-corrected chi connectivity index (χ4v) is 2.25. The number of hydrogen-bond donors (Lipinski definition) is 1. The summed E-state index contributed by atoms with van der Waals surface area (Å²) in [5, 5.41) is 13.8. The molecule has 8 nitrogen and oxygen atoms in total. The predicted octanol–water partition coefficient (Wildman–Crippen LogP) is 2.47. The van der Waals surface area contributed by atoms with Crippen molar-refractivity contribution in [3.8, 4) is 17.2 Å². The molecular weight excluding hydrogens is 334 g/mol. The first kappa shape index (κ1) is 17.4. The predicted molar refractivity (Wildman–Crippen MR) is 95.5 cm³/mol. The minimum Gasteiger partial charge on any atom is -0.490 e. The summed E-state index contributed by atoms with van der Waals surface area (Å²) in [7, 11) is 0. The molecule has 2 aromatic carbocycles. The molecule has 1 N–H and O–H groups in total. The Morgan fingerprint density at radius 3 is 2.65 bits per heavy atom. The van der Waals surface area contributed by atoms with Crippen LogP contribution in [0, 0.1) is 0 Å². The number of tetrazole rings is 1. The van der Waals surface area contributed by atoms with Crippen LogP contribution in [0.1, 0.15) is 13.3 Å². The number of rotatable bonds is 8. The summed E-state index contributed by atoms with van der Waals surface area (Å²) in [6.07, 6.45) is 2.38. The molecule has 0 fully saturated rings. The number of carbonyl (C=O) groups excluding carboxylic acids is 1. The third kappa shape index (κ3) is 4.56. The first-order valence-electron chi connectivity index (χ1n) is 8.24. The molecule has 0 bridgehead atoms. The van der Waals surface area contributed by atoms with Gasteiger partial charge in [0.25, 0.3) is 5.91 Å². The zero-order valence-corrected chi connectivity index (χ0v) is 14.3. The highest BCUT2D eigenvalue weighted by atomic mass is 16.5. The number of aromatic nitrogens is 4. The van der Waals surface area contributed by atoms with Gasteiger partial charge in [-0.1, -0.05) is 25.1 Å². The first-order chi connectivity index (χ1) is 12.8. The molecule has 0 spiro atoms. The van der Waals surface area contributed by atoms with E-state index in [0.717, 1.165) is 12.1 Å². The molecule has 0 saturated heterocycles. The smallest absolute Gasteiger partial charge is 0.262 e. The van der Waals surface area contributed by atoms with Gasteiger partial charge in [-0.05, 0) is 47.2 Å². The lowest BCUT2D eigenvalue weighted by Gasteiger charge is -2.12. The van der Waals surface area contributed by atoms with Crippen LogP contribution in [0.25, 0.3) is 5.69 Å². The largest absolute Gasteiger partial charge is 0.490 e. The van der Waals surface area contributed by atoms with Crippen LogP contribution in [0.4, 0.5) is 5.69 Å². The molecular formula is C18H19N5O3. The van der Waals surface area contributed by atoms with Crippen molar-refractivity contribution in [1.29, 1.82) is 0 Å². The van der Waals surface area contributed by atoms with Gasteiger partial charge in [0.2, 0.25) is 0 Å². The summed E-state index contributed by atoms with van der Waals surface area (Å²) >= 11 is 0. The lowest BCUT2D eigenvalue weighted by molar-refractivity contribution is -0.118. The topological polar surface area (TPSA) is 91.2 Å². The molecule has 0 atom stereocenters. The van der Waals surface area contributed by atoms with Crippen molar-refractivity contribution in [2.24, 2.45) is 0 Å². The van der Waals surface area contributed by atoms with Gasteiger partial charge in [0, 0.05) is 5.69 Å². The van der Waals surface area contributed by atoms with Crippen LogP contribution in [0.2, 0.25) is 0 Å². The number of amides is 1. The Kier molecular flexibility index (Phi) is 5.76. The molecule has 1 aromatic heterocycles. The molecule has 0 radical (unpaired) electrons. The highest BCUT2D eigenvalue weighted by Gasteiger charge is 2.08. The zero-order chi connectivity index (χ0) is 18.2. The average molecular weight is 353 g/mol. The van der Waals surface area contributed by atoms with Crippen molar-refractivity contribution < 1.29 is 14.3 Å². The summed E-state index contributed by atoms with van der Waals surface area (Å²) in [6, 6.07) is 14.5. The molecule has 0 saturated carbocycles. The van der Waals surface area contributed by atoms with Crippen LogP contribution < -0.4 is 14.8 Å². The van der Waals surface area contributed by atoms with Crippen molar-refractivity contribution in [3.05, 3.63) is 54.9 Å². The highest BCUT2D eigenvalue weighted by molar-refractivity contribution is 5.92. The standard InChI is InChI=1S/C18H19N5O3/c1-2-10-25-16-8-3-4-9-17(16)26-12-18(24)20-14-6-5-7-15(11-14)23-13-19-21-22-23/h3-9,11,13H,2,10,12H2,1H3,(H,20,24). The van der Waals surface area contributed by atoms with Crippen LogP contribution in [-0.4, -0.2) is 39.3 Å². The monoisotopic (exact) mass is 353 g/mol. The summed E-state index contributed by atoms with van der Waals surface area (Å²) in [5.41, 5.74) is 1.37. The Morgan fingerprint density at radius 2 is 1.92 bits per heavy atom. The molecule has 3 rings (SSSR count). The molecule has 0 aliphatic rings. The maximum atomic E-state index is 12.2. The third-order valence-electron chi connectivity index (χ3n) is 3.41. The van der Waals surface area contributed by atoms with Gasteiger partial charge >= 0.3 is 0 Å². The first-order valence-corrected chi connectivity index (χ1v) is 8.24. The molecule has 0 unspecified atom stereocenters. The van der Waals surface area contributed by atoms with Gasteiger partial charge in [0.05, 0.1) is 12.3 Å². The number of nitrogens with zero attached hydrogens (tertiary/aromatic N) is 4. The lowest BCUT2D eigenvalue weighted by atomic mass is 10.3. The van der Waals surface area contributed by atoms with Gasteiger partial charge < -0.3 is 14.8 Å². The number of ether oxygens (including phenoxy) is 2. The number of benzene rings is 2. The molecule has 0 aliphatic carbocycles. The van der Waals surface area contributed by atoms with Gasteiger partial charge in [-0.15, -0.1) is 5.10 Å². The Balaban J connectivity index is 1.59. The van der Waals surface area contributed by atoms with E-state index in [4.69, 9.17) is 9.47 Å². The van der Waals surface area contributed by atoms with Gasteiger partial charge in [0.15, 0.2) is 18.1 Å². The SMILES string of the molecule is CCCOc1ccccc1OCC(=O)Nc1cccc(-n2cnnn2)c1. The van der Waals surface area contributed by atoms with Crippen LogP contribution in [0.3, 0.4) is 0 Å². The van der Waals surface area contributed by atoms with E-state index >= 15 is 0 Å². The van der Waals surface area contributed by atoms with Crippen LogP contribution >= 0.6 is 0 Å². The number of para-hydroxylation sites is 2. The molecule has 0 aliphatic heterocycles. The van der Waals surface area contributed by atoms with Gasteiger partial charge in [-0.25, -0.2) is 4.68 Å². The van der Waals surface area contributed by atoms with E-state index in [1.54, 1.807) is 24.3 Å². The second-order valence-corrected chi connectivity index (χ2v) is 5.44. The van der Waals surface area contributed by atoms with Gasteiger partial charge in [-0.2, -0.15) is 0 Å². The van der Waals surface area contributed by atoms with E-state index in [-0.39, 0.29) is 12.5 Å². The van der Waals surface area contributed by atoms with E-state index in [1.807, 2.05) is 31.2 Å². The summed E-state index contributed by atoms with van der Waals surface area (Å²) in [5.74, 6) is 0.894. The maximum Gasteiger partial charge on any atom is 0.262 e. The third-order valence-corrected chi connectivity index (χ3v) is 3.41. The summed E-state index contributed by atoms with van der Waals surface area (Å²) < 4.78 is 12.7. The Hall–Kier alpha value is -3.42. The van der Waals surface area contributed by atoms with Gasteiger partial charge in [-0.3, -0.25) is 4.79 Å². The Morgan fingerprint density at radius 1 is 1.12 bits per heavy atom. The van der Waals surface area contributed by atoms with Crippen molar-refractivity contribution in [1.82, 2.24) is 20.2 Å². The molecule has 26 heavy (non-hydrogen) atoms. The van der Waals surface area contributed by atoms with Crippen molar-refractivity contribution in [3.63, 3.8) is 0 Å². The lowest BCUT2D eigenvalue weighted by Crippen LogP contribution is -2.20. The highest BCUT2D eigenvalue weighted by Crippen LogP contribution is 2.26. The average Bonchev–Trinajstić information content (AvgIpc) is 3.20. The molecule has 1 heterocycles. The van der Waals surface area contributed by atoms with Crippen molar-refractivity contribution in [2.45, 2.75) is 13.3 Å². The number of hydrogen-bond acceptors (Lipinski definition) is 6. The zero-order valence-electron chi connectivity index (χ0n) is 14.3. The number of carbonyl (C=O) groups is 1. The Labute approximate surface area is 150 Å². The fraction of sp³-hybridized carbons (Fsp3) is 0.222. The second-order valence-electron chi connectivity index (χ2n) is 5.44. The van der Waals surface area contributed by atoms with Gasteiger partial charge in [0.1, 0.15) is 6.33 Å². The number of anilines is 1. The van der Waals surface area contributed by atoms with E-state index in [2.05, 4.69) is 20.8 Å². The maximum absolute atomic E-state index is 12.2. The van der Waals surface area contributed by atoms with E-state index in [0.29, 0.717) is 23.8 Å². The number of nitrogens with one attached hydrogen (secondary N) is 1. The fourth-order valence-electron chi connectivity index (χ4n) is 2.25. The molecule has 3 aromatic rings. The van der Waals surface area contributed by atoms with E-state index in [9.17, 15) is 4.79 Å². The minimum atomic E-state index is -0.274. The van der Waals surface area contributed by atoms with Crippen LogP contribution in [-0.2, 0) is 4.79 Å². The van der Waals surface area contributed by atoms with Crippen LogP contribution in [0.5, 0.6) is 11.5 Å². The minimum absolute atomic E-state index is 0.123. The second kappa shape index (κ2) is 8.61. The van der Waals surface area contributed by atoms with Crippen molar-refractivity contribution in [2.75, 3.05) is 18.5 Å². The van der Waals surface area contributed by atoms with E-state index in [1.165, 1.54) is 11.0 Å². The Bertz CT molecular complexity index is 852. The molecule has 134 valence electrons. The summed E-state index contributed by atoms with van der Waals surface area (Å²) in [4.78, 5) is 12.2. The van der Waals surface area contributed by atoms with Crippen LogP contribution in [0.15, 0.2) is 54.9 Å². The normalized spacial score (nSPS) is 10.3. The quantitative estimate of drug-likeness (QED) is 0.669. The van der Waals surface area contributed by atoms with E-state index < -0.39 is 0 Å². The molecule has 8 heteroatoms. The van der Waals surface area contributed by atoms with Crippen molar-refractivity contribution >= 4 is 11.6 Å². The summed E-state index contributed by atoms with van der Waals surface area (Å²) in [6.45, 7) is 2.50. The molecule has 1 amide bonds.